The lowest BCUT2D eigenvalue weighted by molar-refractivity contribution is 0.449. The van der Waals surface area contributed by atoms with Crippen molar-refractivity contribution in [3.63, 3.8) is 0 Å². The molecule has 0 radical (unpaired) electrons. The summed E-state index contributed by atoms with van der Waals surface area (Å²) in [5.74, 6) is 1.49. The molecule has 2 atom stereocenters. The number of allylic oxidation sites excluding steroid dienone is 2. The van der Waals surface area contributed by atoms with Gasteiger partial charge in [0.1, 0.15) is 0 Å². The quantitative estimate of drug-likeness (QED) is 0.0856. The first-order chi connectivity index (χ1) is 29.4. The molecule has 308 valence electrons. The first-order valence-electron chi connectivity index (χ1n) is 23.3. The monoisotopic (exact) mass is 791 g/mol. The Morgan fingerprint density at radius 1 is 0.433 bits per heavy atom. The van der Waals surface area contributed by atoms with Crippen LogP contribution in [0.2, 0.25) is 0 Å². The van der Waals surface area contributed by atoms with Gasteiger partial charge in [-0.2, -0.15) is 0 Å². The molecule has 0 aliphatic heterocycles. The summed E-state index contributed by atoms with van der Waals surface area (Å²) in [6, 6.07) is 46.8. The maximum absolute atomic E-state index is 2.51. The number of aryl methyl sites for hydroxylation is 2. The van der Waals surface area contributed by atoms with Crippen LogP contribution in [0.4, 0.5) is 22.7 Å². The van der Waals surface area contributed by atoms with E-state index in [1.165, 1.54) is 141 Å². The summed E-state index contributed by atoms with van der Waals surface area (Å²) < 4.78 is 0. The van der Waals surface area contributed by atoms with Gasteiger partial charge in [-0.05, 0) is 133 Å². The first-order valence-corrected chi connectivity index (χ1v) is 23.3. The molecule has 8 rings (SSSR count). The Morgan fingerprint density at radius 2 is 0.783 bits per heavy atom. The van der Waals surface area contributed by atoms with Gasteiger partial charge in [0.15, 0.2) is 0 Å². The Morgan fingerprint density at radius 3 is 1.12 bits per heavy atom. The molecule has 0 saturated heterocycles. The zero-order valence-electron chi connectivity index (χ0n) is 37.2. The molecular weight excluding hydrogens is 725 g/mol. The van der Waals surface area contributed by atoms with Crippen LogP contribution in [0, 0.1) is 25.7 Å². The van der Waals surface area contributed by atoms with Gasteiger partial charge < -0.3 is 9.80 Å². The zero-order valence-corrected chi connectivity index (χ0v) is 37.2. The number of anilines is 4. The lowest BCUT2D eigenvalue weighted by Gasteiger charge is -2.35. The van der Waals surface area contributed by atoms with Crippen LogP contribution in [0.25, 0.3) is 22.2 Å². The summed E-state index contributed by atoms with van der Waals surface area (Å²) in [5.41, 5.74) is 18.2. The maximum Gasteiger partial charge on any atom is 0.0503 e. The van der Waals surface area contributed by atoms with E-state index in [0.717, 1.165) is 37.5 Å². The molecule has 0 amide bonds. The molecule has 2 aliphatic rings. The van der Waals surface area contributed by atoms with E-state index in [-0.39, 0.29) is 0 Å². The molecule has 2 aliphatic carbocycles. The minimum Gasteiger partial charge on any atom is -0.310 e. The van der Waals surface area contributed by atoms with Crippen molar-refractivity contribution in [2.24, 2.45) is 11.8 Å². The van der Waals surface area contributed by atoms with Crippen molar-refractivity contribution in [2.75, 3.05) is 9.80 Å². The largest absolute Gasteiger partial charge is 0.310 e. The SMILES string of the molecule is CCCCC(CC)Cc1ccc(N(C2=CCc3ccc4c5c(ccc2c35)CC=C4N(c2ccc(C)cc2)c2ccc(CC(CC)CCCC)cc2)c2ccc(C)cc2)cc1. The van der Waals surface area contributed by atoms with Gasteiger partial charge in [-0.3, -0.25) is 0 Å². The smallest absolute Gasteiger partial charge is 0.0503 e. The first kappa shape index (κ1) is 41.4. The molecule has 0 fully saturated rings. The van der Waals surface area contributed by atoms with Gasteiger partial charge in [-0.25, -0.2) is 0 Å². The minimum absolute atomic E-state index is 0.746. The lowest BCUT2D eigenvalue weighted by atomic mass is 9.82. The van der Waals surface area contributed by atoms with Crippen molar-refractivity contribution >= 4 is 44.9 Å². The molecule has 0 heterocycles. The van der Waals surface area contributed by atoms with Gasteiger partial charge in [-0.15, -0.1) is 0 Å². The predicted octanol–water partition coefficient (Wildman–Crippen LogP) is 16.4. The third-order valence-electron chi connectivity index (χ3n) is 13.5. The van der Waals surface area contributed by atoms with Crippen LogP contribution in [0.1, 0.15) is 124 Å². The minimum atomic E-state index is 0.746. The molecule has 2 heteroatoms. The van der Waals surface area contributed by atoms with Crippen LogP contribution in [0.5, 0.6) is 0 Å². The molecule has 6 aromatic rings. The highest BCUT2D eigenvalue weighted by Gasteiger charge is 2.29. The molecule has 0 aromatic heterocycles. The third-order valence-corrected chi connectivity index (χ3v) is 13.5. The number of hydrogen-bond acceptors (Lipinski definition) is 2. The van der Waals surface area contributed by atoms with E-state index in [4.69, 9.17) is 0 Å². The van der Waals surface area contributed by atoms with Crippen LogP contribution >= 0.6 is 0 Å². The van der Waals surface area contributed by atoms with E-state index in [1.807, 2.05) is 0 Å². The van der Waals surface area contributed by atoms with Crippen LogP contribution in [0.3, 0.4) is 0 Å². The van der Waals surface area contributed by atoms with E-state index >= 15 is 0 Å². The second-order valence-corrected chi connectivity index (χ2v) is 17.8. The summed E-state index contributed by atoms with van der Waals surface area (Å²) in [7, 11) is 0. The van der Waals surface area contributed by atoms with Gasteiger partial charge in [-0.1, -0.05) is 175 Å². The summed E-state index contributed by atoms with van der Waals surface area (Å²) in [4.78, 5) is 5.02. The van der Waals surface area contributed by atoms with E-state index in [9.17, 15) is 0 Å². The second kappa shape index (κ2) is 18.9. The summed E-state index contributed by atoms with van der Waals surface area (Å²) in [6.45, 7) is 13.7. The van der Waals surface area contributed by atoms with Crippen molar-refractivity contribution in [3.8, 4) is 0 Å². The molecular formula is C58H66N2. The van der Waals surface area contributed by atoms with Crippen molar-refractivity contribution < 1.29 is 0 Å². The molecule has 6 aromatic carbocycles. The Hall–Kier alpha value is -5.34. The molecule has 0 N–H and O–H groups in total. The summed E-state index contributed by atoms with van der Waals surface area (Å²) in [5, 5.41) is 2.81. The number of unbranched alkanes of at least 4 members (excludes halogenated alkanes) is 2. The molecule has 60 heavy (non-hydrogen) atoms. The van der Waals surface area contributed by atoms with Crippen molar-refractivity contribution in [1.82, 2.24) is 0 Å². The van der Waals surface area contributed by atoms with E-state index < -0.39 is 0 Å². The van der Waals surface area contributed by atoms with Crippen LogP contribution in [-0.4, -0.2) is 0 Å². The molecule has 0 saturated carbocycles. The highest BCUT2D eigenvalue weighted by molar-refractivity contribution is 6.10. The van der Waals surface area contributed by atoms with Crippen molar-refractivity contribution in [1.29, 1.82) is 0 Å². The average Bonchev–Trinajstić information content (AvgIpc) is 3.28. The highest BCUT2D eigenvalue weighted by atomic mass is 15.2. The van der Waals surface area contributed by atoms with Crippen LogP contribution < -0.4 is 9.80 Å². The number of hydrogen-bond donors (Lipinski definition) is 0. The Labute approximate surface area is 361 Å². The maximum atomic E-state index is 2.51. The third kappa shape index (κ3) is 8.76. The van der Waals surface area contributed by atoms with E-state index in [0.29, 0.717) is 0 Å². The van der Waals surface area contributed by atoms with Gasteiger partial charge in [0.05, 0.1) is 11.4 Å². The topological polar surface area (TPSA) is 6.48 Å². The number of benzene rings is 6. The van der Waals surface area contributed by atoms with E-state index in [1.54, 1.807) is 0 Å². The lowest BCUT2D eigenvalue weighted by Crippen LogP contribution is -2.21. The average molecular weight is 791 g/mol. The Bertz CT molecular complexity index is 2260. The number of rotatable bonds is 18. The standard InChI is InChI=1S/C58H66N2/c1-7-11-13-43(9-3)39-45-19-31-51(32-20-45)59(49-27-15-41(5)16-28-49)55-37-25-47-24-36-54-56(38-26-48-23-35-53(55)57(47)58(48)54)60(50-29-17-42(6)18-30-50)52-33-21-46(22-34-52)40-44(10-4)14-12-8-2/h15-24,27-38,43-44H,7-14,25-26,39-40H2,1-6H3. The van der Waals surface area contributed by atoms with Gasteiger partial charge >= 0.3 is 0 Å². The fourth-order valence-corrected chi connectivity index (χ4v) is 9.82. The van der Waals surface area contributed by atoms with Crippen LogP contribution in [-0.2, 0) is 25.7 Å². The van der Waals surface area contributed by atoms with Gasteiger partial charge in [0, 0.05) is 33.9 Å². The molecule has 2 unspecified atom stereocenters. The molecule has 0 spiro atoms. The summed E-state index contributed by atoms with van der Waals surface area (Å²) >= 11 is 0. The number of nitrogens with zero attached hydrogens (tertiary/aromatic N) is 2. The summed E-state index contributed by atoms with van der Waals surface area (Å²) in [6.07, 6.45) is 19.3. The molecule has 0 bridgehead atoms. The Kier molecular flexibility index (Phi) is 13.1. The zero-order chi connectivity index (χ0) is 41.6. The van der Waals surface area contributed by atoms with E-state index in [2.05, 4.69) is 185 Å². The predicted molar refractivity (Wildman–Crippen MR) is 261 cm³/mol. The van der Waals surface area contributed by atoms with Gasteiger partial charge in [0.25, 0.3) is 0 Å². The van der Waals surface area contributed by atoms with Gasteiger partial charge in [0.2, 0.25) is 0 Å². The van der Waals surface area contributed by atoms with Crippen LogP contribution in [0.15, 0.2) is 133 Å². The second-order valence-electron chi connectivity index (χ2n) is 17.8. The van der Waals surface area contributed by atoms with Crippen molar-refractivity contribution in [3.05, 3.63) is 178 Å². The van der Waals surface area contributed by atoms with Crippen molar-refractivity contribution in [2.45, 2.75) is 119 Å². The Balaban J connectivity index is 1.19. The fourth-order valence-electron chi connectivity index (χ4n) is 9.82. The molecule has 2 nitrogen and oxygen atoms in total. The normalized spacial score (nSPS) is 14.1. The fraction of sp³-hybridized carbons (Fsp3) is 0.345. The highest BCUT2D eigenvalue weighted by Crippen LogP contribution is 2.47.